The van der Waals surface area contributed by atoms with Crippen molar-refractivity contribution in [3.8, 4) is 0 Å². The first-order valence-corrected chi connectivity index (χ1v) is 11.1. The average molecular weight is 523 g/mol. The minimum Gasteiger partial charge on any atom is -0.480 e. The van der Waals surface area contributed by atoms with Crippen LogP contribution in [0.15, 0.2) is 54.6 Å². The van der Waals surface area contributed by atoms with Crippen LogP contribution < -0.4 is 10.6 Å². The molecule has 0 fully saturated rings. The summed E-state index contributed by atoms with van der Waals surface area (Å²) in [5, 5.41) is 14.8. The molecule has 0 saturated heterocycles. The fourth-order valence-corrected chi connectivity index (χ4v) is 4.11. The number of carbonyl (C=O) groups excluding carboxylic acids is 2. The second-order valence-electron chi connectivity index (χ2n) is 8.27. The van der Waals surface area contributed by atoms with Crippen molar-refractivity contribution < 1.29 is 32.7 Å². The van der Waals surface area contributed by atoms with Crippen LogP contribution in [0.25, 0.3) is 0 Å². The minimum absolute atomic E-state index is 0.0325. The van der Waals surface area contributed by atoms with Gasteiger partial charge in [-0.2, -0.15) is 13.2 Å². The Morgan fingerprint density at radius 1 is 1.22 bits per heavy atom. The number of carboxylic acid groups (broad SMARTS) is 1. The molecule has 0 bridgehead atoms. The van der Waals surface area contributed by atoms with Gasteiger partial charge in [0.25, 0.3) is 11.8 Å². The number of aromatic nitrogens is 2. The highest BCUT2D eigenvalue weighted by Crippen LogP contribution is 2.30. The lowest BCUT2D eigenvalue weighted by Crippen LogP contribution is -2.43. The molecule has 1 aromatic heterocycles. The molecule has 190 valence electrons. The third-order valence-corrected chi connectivity index (χ3v) is 6.00. The molecule has 3 rings (SSSR count). The number of alkyl halides is 3. The zero-order valence-corrected chi connectivity index (χ0v) is 19.9. The van der Waals surface area contributed by atoms with Gasteiger partial charge in [-0.25, -0.2) is 14.8 Å². The maximum Gasteiger partial charge on any atom is 0.434 e. The maximum atomic E-state index is 13.1. The molecule has 1 aliphatic carbocycles. The van der Waals surface area contributed by atoms with Crippen molar-refractivity contribution >= 4 is 29.4 Å². The van der Waals surface area contributed by atoms with E-state index in [0.717, 1.165) is 6.20 Å². The highest BCUT2D eigenvalue weighted by molar-refractivity contribution is 6.34. The van der Waals surface area contributed by atoms with E-state index in [4.69, 9.17) is 11.6 Å². The molecular formula is C24H22ClF3N4O4. The predicted molar refractivity (Wildman–Crippen MR) is 124 cm³/mol. The van der Waals surface area contributed by atoms with Crippen LogP contribution in [0.2, 0.25) is 5.02 Å². The van der Waals surface area contributed by atoms with E-state index in [-0.39, 0.29) is 34.5 Å². The number of carbonyl (C=O) groups is 3. The summed E-state index contributed by atoms with van der Waals surface area (Å²) in [5.74, 6) is -3.53. The van der Waals surface area contributed by atoms with Crippen molar-refractivity contribution in [1.82, 2.24) is 20.6 Å². The molecule has 1 heterocycles. The third kappa shape index (κ3) is 6.28. The predicted octanol–water partition coefficient (Wildman–Crippen LogP) is 4.17. The smallest absolute Gasteiger partial charge is 0.434 e. The molecule has 12 heteroatoms. The quantitative estimate of drug-likeness (QED) is 0.502. The highest BCUT2D eigenvalue weighted by Gasteiger charge is 2.37. The summed E-state index contributed by atoms with van der Waals surface area (Å²) in [6.07, 6.45) is 1.39. The van der Waals surface area contributed by atoms with Gasteiger partial charge in [0.1, 0.15) is 12.4 Å². The molecule has 0 saturated carbocycles. The number of amides is 2. The van der Waals surface area contributed by atoms with Gasteiger partial charge in [0.05, 0.1) is 16.1 Å². The molecule has 2 aromatic rings. The van der Waals surface area contributed by atoms with E-state index in [9.17, 15) is 32.7 Å². The summed E-state index contributed by atoms with van der Waals surface area (Å²) < 4.78 is 39.4. The molecule has 8 nitrogen and oxygen atoms in total. The van der Waals surface area contributed by atoms with Crippen LogP contribution in [0.3, 0.4) is 0 Å². The Bertz CT molecular complexity index is 1230. The van der Waals surface area contributed by atoms with Crippen molar-refractivity contribution in [3.05, 3.63) is 82.1 Å². The summed E-state index contributed by atoms with van der Waals surface area (Å²) in [4.78, 5) is 43.7. The van der Waals surface area contributed by atoms with Crippen molar-refractivity contribution in [1.29, 1.82) is 0 Å². The van der Waals surface area contributed by atoms with Gasteiger partial charge >= 0.3 is 12.1 Å². The standard InChI is InChI=1S/C24H22ClF3N4O4/c1-12-4-3-5-17(25)19(12)22(34)32-18(23(35)36)9-14-6-7-15(8-13(14)2)31-21(33)16-10-29-11-30-20(16)24(26,27)28/h3-8,10-11,13-14,18H,9H2,1-2H3,(H,31,33)(H,32,34)(H,35,36). The molecule has 1 aromatic carbocycles. The Morgan fingerprint density at radius 2 is 1.94 bits per heavy atom. The number of hydrogen-bond donors (Lipinski definition) is 3. The molecule has 1 aliphatic rings. The number of nitrogens with zero attached hydrogens (tertiary/aromatic N) is 2. The van der Waals surface area contributed by atoms with E-state index < -0.39 is 41.3 Å². The molecule has 3 atom stereocenters. The number of nitrogens with one attached hydrogen (secondary N) is 2. The van der Waals surface area contributed by atoms with Crippen molar-refractivity contribution in [2.24, 2.45) is 11.8 Å². The van der Waals surface area contributed by atoms with E-state index in [2.05, 4.69) is 20.6 Å². The summed E-state index contributed by atoms with van der Waals surface area (Å²) in [5.41, 5.74) is -1.06. The van der Waals surface area contributed by atoms with Crippen LogP contribution in [0.5, 0.6) is 0 Å². The van der Waals surface area contributed by atoms with Crippen LogP contribution in [-0.4, -0.2) is 38.9 Å². The number of carboxylic acids is 1. The SMILES string of the molecule is Cc1cccc(Cl)c1C(=O)NC(CC1C=CC(NC(=O)c2cncnc2C(F)(F)F)=CC1C)C(=O)O. The maximum absolute atomic E-state index is 13.1. The first-order chi connectivity index (χ1) is 16.9. The van der Waals surface area contributed by atoms with Crippen molar-refractivity contribution in [2.75, 3.05) is 0 Å². The molecule has 3 unspecified atom stereocenters. The third-order valence-electron chi connectivity index (χ3n) is 5.68. The van der Waals surface area contributed by atoms with Gasteiger partial charge in [0.15, 0.2) is 5.69 Å². The zero-order valence-electron chi connectivity index (χ0n) is 19.1. The first kappa shape index (κ1) is 26.9. The van der Waals surface area contributed by atoms with Gasteiger partial charge in [-0.1, -0.05) is 42.8 Å². The lowest BCUT2D eigenvalue weighted by molar-refractivity contribution is -0.141. The molecule has 0 spiro atoms. The number of halogens is 4. The molecule has 0 aliphatic heterocycles. The molecule has 36 heavy (non-hydrogen) atoms. The average Bonchev–Trinajstić information content (AvgIpc) is 2.79. The Balaban J connectivity index is 1.69. The topological polar surface area (TPSA) is 121 Å². The van der Waals surface area contributed by atoms with Gasteiger partial charge in [0, 0.05) is 11.9 Å². The Morgan fingerprint density at radius 3 is 2.56 bits per heavy atom. The van der Waals surface area contributed by atoms with Gasteiger partial charge in [-0.05, 0) is 42.9 Å². The van der Waals surface area contributed by atoms with Crippen LogP contribution in [0.4, 0.5) is 13.2 Å². The summed E-state index contributed by atoms with van der Waals surface area (Å²) in [7, 11) is 0. The first-order valence-electron chi connectivity index (χ1n) is 10.8. The van der Waals surface area contributed by atoms with Crippen molar-refractivity contribution in [3.63, 3.8) is 0 Å². The lowest BCUT2D eigenvalue weighted by atomic mass is 9.84. The van der Waals surface area contributed by atoms with Gasteiger partial charge in [0.2, 0.25) is 0 Å². The van der Waals surface area contributed by atoms with E-state index in [1.807, 2.05) is 0 Å². The number of hydrogen-bond acceptors (Lipinski definition) is 5. The second kappa shape index (κ2) is 10.9. The lowest BCUT2D eigenvalue weighted by Gasteiger charge is -2.26. The van der Waals surface area contributed by atoms with Crippen LogP contribution in [-0.2, 0) is 11.0 Å². The molecule has 2 amide bonds. The normalized spacial score (nSPS) is 18.2. The Hall–Kier alpha value is -3.73. The van der Waals surface area contributed by atoms with Gasteiger partial charge in [-0.3, -0.25) is 9.59 Å². The summed E-state index contributed by atoms with van der Waals surface area (Å²) in [6, 6.07) is 3.66. The zero-order chi connectivity index (χ0) is 26.6. The number of rotatable bonds is 7. The summed E-state index contributed by atoms with van der Waals surface area (Å²) >= 11 is 6.11. The van der Waals surface area contributed by atoms with E-state index in [1.54, 1.807) is 38.1 Å². The number of allylic oxidation sites excluding steroid dienone is 3. The second-order valence-corrected chi connectivity index (χ2v) is 8.68. The largest absolute Gasteiger partial charge is 0.480 e. The number of aryl methyl sites for hydroxylation is 1. The monoisotopic (exact) mass is 522 g/mol. The van der Waals surface area contributed by atoms with Crippen LogP contribution >= 0.6 is 11.6 Å². The molecular weight excluding hydrogens is 501 g/mol. The fourth-order valence-electron chi connectivity index (χ4n) is 3.81. The van der Waals surface area contributed by atoms with E-state index in [0.29, 0.717) is 11.9 Å². The van der Waals surface area contributed by atoms with Gasteiger partial charge < -0.3 is 15.7 Å². The Labute approximate surface area is 209 Å². The van der Waals surface area contributed by atoms with E-state index in [1.165, 1.54) is 12.1 Å². The highest BCUT2D eigenvalue weighted by atomic mass is 35.5. The minimum atomic E-state index is -4.83. The van der Waals surface area contributed by atoms with E-state index >= 15 is 0 Å². The summed E-state index contributed by atoms with van der Waals surface area (Å²) in [6.45, 7) is 3.44. The van der Waals surface area contributed by atoms with Crippen LogP contribution in [0.1, 0.15) is 45.3 Å². The van der Waals surface area contributed by atoms with Crippen LogP contribution in [0, 0.1) is 18.8 Å². The Kier molecular flexibility index (Phi) is 8.13. The number of aliphatic carboxylic acids is 1. The van der Waals surface area contributed by atoms with Gasteiger partial charge in [-0.15, -0.1) is 0 Å². The molecule has 0 radical (unpaired) electrons. The van der Waals surface area contributed by atoms with Crippen molar-refractivity contribution in [2.45, 2.75) is 32.5 Å². The fraction of sp³-hybridized carbons (Fsp3) is 0.292. The number of benzene rings is 1. The molecule has 3 N–H and O–H groups in total.